The maximum Gasteiger partial charge on any atom is 0.212 e. The lowest BCUT2D eigenvalue weighted by molar-refractivity contribution is 0.349. The smallest absolute Gasteiger partial charge is 0.212 e. The summed E-state index contributed by atoms with van der Waals surface area (Å²) >= 11 is 1.61. The molecule has 4 nitrogen and oxygen atoms in total. The van der Waals surface area contributed by atoms with E-state index < -0.39 is 10.0 Å². The first-order chi connectivity index (χ1) is 8.57. The van der Waals surface area contributed by atoms with E-state index >= 15 is 0 Å². The van der Waals surface area contributed by atoms with Crippen molar-refractivity contribution in [1.82, 2.24) is 10.0 Å². The van der Waals surface area contributed by atoms with Crippen LogP contribution in [0.3, 0.4) is 0 Å². The van der Waals surface area contributed by atoms with Gasteiger partial charge in [-0.1, -0.05) is 6.07 Å². The van der Waals surface area contributed by atoms with Crippen LogP contribution in [0.1, 0.15) is 24.6 Å². The number of sulfonamides is 1. The van der Waals surface area contributed by atoms with Gasteiger partial charge in [-0.2, -0.15) is 0 Å². The van der Waals surface area contributed by atoms with Crippen molar-refractivity contribution < 1.29 is 8.42 Å². The highest BCUT2D eigenvalue weighted by Gasteiger charge is 2.25. The number of aryl methyl sites for hydroxylation is 1. The summed E-state index contributed by atoms with van der Waals surface area (Å²) in [6.07, 6.45) is 2.55. The molecule has 2 heterocycles. The van der Waals surface area contributed by atoms with Gasteiger partial charge in [0.2, 0.25) is 10.0 Å². The molecule has 0 radical (unpaired) electrons. The van der Waals surface area contributed by atoms with E-state index in [0.717, 1.165) is 24.3 Å². The SMILES string of the molecule is CC1NCCCC1NS(=O)(=O)CCc1cccs1.Cl. The van der Waals surface area contributed by atoms with Crippen LogP contribution in [0.4, 0.5) is 0 Å². The van der Waals surface area contributed by atoms with Crippen molar-refractivity contribution in [3.8, 4) is 0 Å². The first-order valence-corrected chi connectivity index (χ1v) is 8.86. The highest BCUT2D eigenvalue weighted by molar-refractivity contribution is 7.89. The molecular formula is C12H21ClN2O2S2. The molecule has 1 fully saturated rings. The second kappa shape index (κ2) is 7.59. The van der Waals surface area contributed by atoms with Gasteiger partial charge in [-0.15, -0.1) is 23.7 Å². The Bertz CT molecular complexity index is 462. The molecule has 1 aromatic rings. The minimum atomic E-state index is -3.17. The van der Waals surface area contributed by atoms with Crippen LogP contribution in [0.25, 0.3) is 0 Å². The van der Waals surface area contributed by atoms with E-state index in [2.05, 4.69) is 10.0 Å². The lowest BCUT2D eigenvalue weighted by atomic mass is 10.0. The number of thiophene rings is 1. The zero-order chi connectivity index (χ0) is 13.0. The van der Waals surface area contributed by atoms with Crippen LogP contribution in [-0.2, 0) is 16.4 Å². The number of rotatable bonds is 5. The summed E-state index contributed by atoms with van der Waals surface area (Å²) in [4.78, 5) is 1.12. The first-order valence-electron chi connectivity index (χ1n) is 6.32. The Morgan fingerprint density at radius 3 is 2.95 bits per heavy atom. The van der Waals surface area contributed by atoms with Crippen LogP contribution >= 0.6 is 23.7 Å². The van der Waals surface area contributed by atoms with Crippen LogP contribution in [0.15, 0.2) is 17.5 Å². The van der Waals surface area contributed by atoms with Gasteiger partial charge >= 0.3 is 0 Å². The lowest BCUT2D eigenvalue weighted by Gasteiger charge is -2.30. The summed E-state index contributed by atoms with van der Waals surface area (Å²) in [7, 11) is -3.17. The highest BCUT2D eigenvalue weighted by atomic mass is 35.5. The Labute approximate surface area is 125 Å². The molecule has 0 amide bonds. The fraction of sp³-hybridized carbons (Fsp3) is 0.667. The molecule has 2 atom stereocenters. The largest absolute Gasteiger partial charge is 0.313 e. The summed E-state index contributed by atoms with van der Waals surface area (Å²) in [5, 5.41) is 5.27. The number of hydrogen-bond acceptors (Lipinski definition) is 4. The number of hydrogen-bond donors (Lipinski definition) is 2. The first kappa shape index (κ1) is 16.9. The Morgan fingerprint density at radius 1 is 1.53 bits per heavy atom. The van der Waals surface area contributed by atoms with Crippen molar-refractivity contribution in [3.05, 3.63) is 22.4 Å². The summed E-state index contributed by atoms with van der Waals surface area (Å²) in [6, 6.07) is 4.18. The molecule has 1 aromatic heterocycles. The van der Waals surface area contributed by atoms with Crippen molar-refractivity contribution in [2.45, 2.75) is 38.3 Å². The van der Waals surface area contributed by atoms with E-state index in [1.54, 1.807) is 11.3 Å². The van der Waals surface area contributed by atoms with E-state index in [9.17, 15) is 8.42 Å². The average Bonchev–Trinajstić information content (AvgIpc) is 2.83. The summed E-state index contributed by atoms with van der Waals surface area (Å²) < 4.78 is 26.8. The Morgan fingerprint density at radius 2 is 2.32 bits per heavy atom. The quantitative estimate of drug-likeness (QED) is 0.868. The van der Waals surface area contributed by atoms with Gasteiger partial charge in [0.15, 0.2) is 0 Å². The van der Waals surface area contributed by atoms with Crippen LogP contribution in [0.5, 0.6) is 0 Å². The van der Waals surface area contributed by atoms with Gasteiger partial charge in [0.1, 0.15) is 0 Å². The Balaban J connectivity index is 0.00000180. The predicted molar refractivity (Wildman–Crippen MR) is 82.7 cm³/mol. The third-order valence-electron chi connectivity index (χ3n) is 3.29. The van der Waals surface area contributed by atoms with Gasteiger partial charge in [0.25, 0.3) is 0 Å². The molecule has 2 N–H and O–H groups in total. The van der Waals surface area contributed by atoms with E-state index in [0.29, 0.717) is 6.42 Å². The zero-order valence-corrected chi connectivity index (χ0v) is 13.4. The maximum absolute atomic E-state index is 12.0. The van der Waals surface area contributed by atoms with Crippen LogP contribution in [0, 0.1) is 0 Å². The molecule has 1 saturated heterocycles. The summed E-state index contributed by atoms with van der Waals surface area (Å²) in [5.74, 6) is 0.177. The molecule has 2 unspecified atom stereocenters. The van der Waals surface area contributed by atoms with Gasteiger partial charge in [-0.25, -0.2) is 13.1 Å². The average molecular weight is 325 g/mol. The van der Waals surface area contributed by atoms with Crippen molar-refractivity contribution in [3.63, 3.8) is 0 Å². The normalized spacial score (nSPS) is 23.8. The minimum Gasteiger partial charge on any atom is -0.313 e. The molecule has 7 heteroatoms. The summed E-state index contributed by atoms with van der Waals surface area (Å²) in [6.45, 7) is 3.01. The van der Waals surface area contributed by atoms with Crippen molar-refractivity contribution in [2.75, 3.05) is 12.3 Å². The number of nitrogens with one attached hydrogen (secondary N) is 2. The highest BCUT2D eigenvalue weighted by Crippen LogP contribution is 2.12. The fourth-order valence-corrected chi connectivity index (χ4v) is 4.41. The van der Waals surface area contributed by atoms with Crippen molar-refractivity contribution in [1.29, 1.82) is 0 Å². The maximum atomic E-state index is 12.0. The second-order valence-electron chi connectivity index (χ2n) is 4.76. The molecule has 0 spiro atoms. The number of halogens is 1. The van der Waals surface area contributed by atoms with E-state index in [1.165, 1.54) is 0 Å². The van der Waals surface area contributed by atoms with Crippen LogP contribution in [-0.4, -0.2) is 32.8 Å². The van der Waals surface area contributed by atoms with Gasteiger partial charge in [0.05, 0.1) is 5.75 Å². The molecular weight excluding hydrogens is 304 g/mol. The molecule has 0 aliphatic carbocycles. The zero-order valence-electron chi connectivity index (χ0n) is 11.0. The number of piperidine rings is 1. The van der Waals surface area contributed by atoms with Gasteiger partial charge in [-0.3, -0.25) is 0 Å². The molecule has 1 aliphatic heterocycles. The molecule has 19 heavy (non-hydrogen) atoms. The Hall–Kier alpha value is -0.140. The molecule has 110 valence electrons. The summed E-state index contributed by atoms with van der Waals surface area (Å²) in [5.41, 5.74) is 0. The van der Waals surface area contributed by atoms with Crippen LogP contribution < -0.4 is 10.0 Å². The molecule has 0 bridgehead atoms. The second-order valence-corrected chi connectivity index (χ2v) is 7.66. The predicted octanol–water partition coefficient (Wildman–Crippen LogP) is 1.77. The van der Waals surface area contributed by atoms with Gasteiger partial charge < -0.3 is 5.32 Å². The molecule has 0 aromatic carbocycles. The van der Waals surface area contributed by atoms with Gasteiger partial charge in [0, 0.05) is 17.0 Å². The topological polar surface area (TPSA) is 58.2 Å². The van der Waals surface area contributed by atoms with Crippen LogP contribution in [0.2, 0.25) is 0 Å². The third-order valence-corrected chi connectivity index (χ3v) is 5.63. The van der Waals surface area contributed by atoms with E-state index in [4.69, 9.17) is 0 Å². The molecule has 0 saturated carbocycles. The van der Waals surface area contributed by atoms with E-state index in [1.807, 2.05) is 24.4 Å². The van der Waals surface area contributed by atoms with E-state index in [-0.39, 0.29) is 30.2 Å². The molecule has 1 aliphatic rings. The monoisotopic (exact) mass is 324 g/mol. The lowest BCUT2D eigenvalue weighted by Crippen LogP contribution is -2.52. The Kier molecular flexibility index (Phi) is 6.76. The standard InChI is InChI=1S/C12H20N2O2S2.ClH/c1-10-12(5-2-7-13-10)14-18(15,16)9-6-11-4-3-8-17-11;/h3-4,8,10,12-14H,2,5-7,9H2,1H3;1H. The third kappa shape index (κ3) is 5.39. The van der Waals surface area contributed by atoms with Crippen molar-refractivity contribution in [2.24, 2.45) is 0 Å². The minimum absolute atomic E-state index is 0. The van der Waals surface area contributed by atoms with Crippen molar-refractivity contribution >= 4 is 33.8 Å². The fourth-order valence-electron chi connectivity index (χ4n) is 2.18. The van der Waals surface area contributed by atoms with Gasteiger partial charge in [-0.05, 0) is 44.2 Å². The molecule has 2 rings (SSSR count).